The minimum Gasteiger partial charge on any atom is -0.480 e. The van der Waals surface area contributed by atoms with Gasteiger partial charge in [-0.15, -0.1) is 0 Å². The molecule has 0 spiro atoms. The number of aromatic nitrogens is 3. The Hall–Kier alpha value is -2.67. The van der Waals surface area contributed by atoms with Crippen LogP contribution in [-0.2, 0) is 0 Å². The van der Waals surface area contributed by atoms with Crippen LogP contribution in [0.15, 0.2) is 59.5 Å². The predicted octanol–water partition coefficient (Wildman–Crippen LogP) is 3.29. The molecule has 1 N–H and O–H groups in total. The fourth-order valence-corrected chi connectivity index (χ4v) is 2.34. The summed E-state index contributed by atoms with van der Waals surface area (Å²) < 4.78 is 7.73. The highest BCUT2D eigenvalue weighted by Gasteiger charge is 2.10. The van der Waals surface area contributed by atoms with Crippen LogP contribution in [0.5, 0.6) is 5.88 Å². The van der Waals surface area contributed by atoms with Gasteiger partial charge in [0.05, 0.1) is 23.5 Å². The van der Waals surface area contributed by atoms with Gasteiger partial charge in [-0.05, 0) is 52.3 Å². The quantitative estimate of drug-likeness (QED) is 0.762. The van der Waals surface area contributed by atoms with Crippen molar-refractivity contribution in [1.29, 1.82) is 0 Å². The minimum absolute atomic E-state index is 0.232. The third-order valence-corrected chi connectivity index (χ3v) is 3.57. The summed E-state index contributed by atoms with van der Waals surface area (Å²) in [5, 5.41) is 6.98. The van der Waals surface area contributed by atoms with Crippen molar-refractivity contribution in [2.24, 2.45) is 0 Å². The number of carbonyl (C=O) groups is 1. The lowest BCUT2D eigenvalue weighted by molar-refractivity contribution is 0.102. The van der Waals surface area contributed by atoms with Crippen molar-refractivity contribution in [3.8, 4) is 11.6 Å². The number of benzene rings is 1. The first kappa shape index (κ1) is 15.2. The summed E-state index contributed by atoms with van der Waals surface area (Å²) in [6.45, 7) is 0. The van der Waals surface area contributed by atoms with Crippen LogP contribution in [0, 0.1) is 0 Å². The molecular formula is C16H13BrN4O2. The number of nitrogens with one attached hydrogen (secondary N) is 1. The van der Waals surface area contributed by atoms with Gasteiger partial charge in [0, 0.05) is 18.0 Å². The Morgan fingerprint density at radius 3 is 2.70 bits per heavy atom. The molecule has 0 radical (unpaired) electrons. The van der Waals surface area contributed by atoms with Crippen molar-refractivity contribution in [3.63, 3.8) is 0 Å². The molecule has 0 aliphatic heterocycles. The molecule has 1 aromatic carbocycles. The molecule has 0 aliphatic rings. The van der Waals surface area contributed by atoms with E-state index in [1.54, 1.807) is 41.3 Å². The van der Waals surface area contributed by atoms with E-state index in [2.05, 4.69) is 31.3 Å². The first-order chi connectivity index (χ1) is 11.2. The average Bonchev–Trinajstić information content (AvgIpc) is 3.02. The smallest absolute Gasteiger partial charge is 0.255 e. The molecule has 2 aromatic heterocycles. The number of pyridine rings is 1. The first-order valence-electron chi connectivity index (χ1n) is 6.78. The van der Waals surface area contributed by atoms with Gasteiger partial charge in [0.15, 0.2) is 0 Å². The average molecular weight is 373 g/mol. The van der Waals surface area contributed by atoms with Gasteiger partial charge in [-0.2, -0.15) is 5.10 Å². The molecule has 3 aromatic rings. The first-order valence-corrected chi connectivity index (χ1v) is 7.57. The largest absolute Gasteiger partial charge is 0.480 e. The summed E-state index contributed by atoms with van der Waals surface area (Å²) in [5.74, 6) is 0.142. The number of hydrogen-bond donors (Lipinski definition) is 1. The van der Waals surface area contributed by atoms with Crippen LogP contribution in [0.2, 0.25) is 0 Å². The summed E-state index contributed by atoms with van der Waals surface area (Å²) in [4.78, 5) is 16.4. The van der Waals surface area contributed by atoms with Crippen molar-refractivity contribution >= 4 is 27.5 Å². The van der Waals surface area contributed by atoms with E-state index in [9.17, 15) is 4.79 Å². The number of anilines is 1. The Balaban J connectivity index is 1.78. The van der Waals surface area contributed by atoms with Crippen molar-refractivity contribution in [1.82, 2.24) is 14.8 Å². The van der Waals surface area contributed by atoms with Crippen LogP contribution in [0.1, 0.15) is 10.4 Å². The topological polar surface area (TPSA) is 69.0 Å². The lowest BCUT2D eigenvalue weighted by atomic mass is 10.2. The number of carbonyl (C=O) groups excluding carboxylic acids is 1. The summed E-state index contributed by atoms with van der Waals surface area (Å²) >= 11 is 3.35. The fraction of sp³-hybridized carbons (Fsp3) is 0.0625. The van der Waals surface area contributed by atoms with Crippen molar-refractivity contribution in [2.45, 2.75) is 0 Å². The van der Waals surface area contributed by atoms with Crippen LogP contribution >= 0.6 is 15.9 Å². The van der Waals surface area contributed by atoms with Crippen molar-refractivity contribution in [2.75, 3.05) is 12.4 Å². The molecular weight excluding hydrogens is 360 g/mol. The molecule has 0 fully saturated rings. The van der Waals surface area contributed by atoms with Crippen LogP contribution in [0.25, 0.3) is 5.69 Å². The maximum atomic E-state index is 12.3. The number of nitrogens with zero attached hydrogens (tertiary/aromatic N) is 3. The van der Waals surface area contributed by atoms with E-state index in [1.807, 2.05) is 18.3 Å². The van der Waals surface area contributed by atoms with Crippen LogP contribution in [0.4, 0.5) is 5.69 Å². The number of halogens is 1. The van der Waals surface area contributed by atoms with E-state index >= 15 is 0 Å². The second-order valence-electron chi connectivity index (χ2n) is 4.66. The summed E-state index contributed by atoms with van der Waals surface area (Å²) in [7, 11) is 1.51. The van der Waals surface area contributed by atoms with Crippen LogP contribution < -0.4 is 10.1 Å². The van der Waals surface area contributed by atoms with Crippen molar-refractivity contribution < 1.29 is 9.53 Å². The Morgan fingerprint density at radius 1 is 1.26 bits per heavy atom. The molecule has 0 saturated carbocycles. The maximum absolute atomic E-state index is 12.3. The van der Waals surface area contributed by atoms with Gasteiger partial charge in [-0.1, -0.05) is 0 Å². The summed E-state index contributed by atoms with van der Waals surface area (Å²) in [6, 6.07) is 10.6. The molecule has 0 unspecified atom stereocenters. The zero-order chi connectivity index (χ0) is 16.2. The lowest BCUT2D eigenvalue weighted by Crippen LogP contribution is -2.13. The minimum atomic E-state index is -0.232. The third kappa shape index (κ3) is 3.40. The Kier molecular flexibility index (Phi) is 4.38. The van der Waals surface area contributed by atoms with Gasteiger partial charge >= 0.3 is 0 Å². The molecule has 0 bridgehead atoms. The van der Waals surface area contributed by atoms with Crippen LogP contribution in [0.3, 0.4) is 0 Å². The van der Waals surface area contributed by atoms with E-state index in [4.69, 9.17) is 4.74 Å². The van der Waals surface area contributed by atoms with E-state index in [1.165, 1.54) is 7.11 Å². The summed E-state index contributed by atoms with van der Waals surface area (Å²) in [5.41, 5.74) is 1.93. The van der Waals surface area contributed by atoms with E-state index < -0.39 is 0 Å². The number of ether oxygens (including phenoxy) is 1. The van der Waals surface area contributed by atoms with Crippen LogP contribution in [-0.4, -0.2) is 27.8 Å². The summed E-state index contributed by atoms with van der Waals surface area (Å²) in [6.07, 6.45) is 5.15. The normalized spacial score (nSPS) is 10.3. The molecule has 23 heavy (non-hydrogen) atoms. The molecule has 0 atom stereocenters. The number of hydrogen-bond acceptors (Lipinski definition) is 4. The Labute approximate surface area is 141 Å². The van der Waals surface area contributed by atoms with Gasteiger partial charge in [-0.3, -0.25) is 4.79 Å². The maximum Gasteiger partial charge on any atom is 0.255 e. The van der Waals surface area contributed by atoms with Gasteiger partial charge in [0.2, 0.25) is 5.88 Å². The van der Waals surface area contributed by atoms with E-state index in [0.29, 0.717) is 17.1 Å². The number of methoxy groups -OCH3 is 1. The highest BCUT2D eigenvalue weighted by atomic mass is 79.9. The van der Waals surface area contributed by atoms with Crippen molar-refractivity contribution in [3.05, 3.63) is 65.0 Å². The molecule has 7 heteroatoms. The molecule has 0 aliphatic carbocycles. The van der Waals surface area contributed by atoms with Gasteiger partial charge in [0.25, 0.3) is 5.91 Å². The lowest BCUT2D eigenvalue weighted by Gasteiger charge is -2.09. The fourth-order valence-electron chi connectivity index (χ4n) is 2.05. The monoisotopic (exact) mass is 372 g/mol. The van der Waals surface area contributed by atoms with Gasteiger partial charge < -0.3 is 10.1 Å². The van der Waals surface area contributed by atoms with E-state index in [0.717, 1.165) is 10.2 Å². The Bertz CT molecular complexity index is 830. The zero-order valence-corrected chi connectivity index (χ0v) is 13.8. The molecule has 2 heterocycles. The molecule has 3 rings (SSSR count). The second kappa shape index (κ2) is 6.62. The highest BCUT2D eigenvalue weighted by Crippen LogP contribution is 2.21. The van der Waals surface area contributed by atoms with E-state index in [-0.39, 0.29) is 5.91 Å². The molecule has 116 valence electrons. The zero-order valence-electron chi connectivity index (χ0n) is 12.2. The SMILES string of the molecule is COc1ncccc1NC(=O)c1ccc(-n2cc(Br)cn2)cc1. The molecule has 0 saturated heterocycles. The molecule has 1 amide bonds. The second-order valence-corrected chi connectivity index (χ2v) is 5.58. The third-order valence-electron chi connectivity index (χ3n) is 3.16. The van der Waals surface area contributed by atoms with Gasteiger partial charge in [0.1, 0.15) is 5.69 Å². The number of amides is 1. The van der Waals surface area contributed by atoms with Gasteiger partial charge in [-0.25, -0.2) is 9.67 Å². The number of rotatable bonds is 4. The standard InChI is InChI=1S/C16H13BrN4O2/c1-23-16-14(3-2-8-18-16)20-15(22)11-4-6-13(7-5-11)21-10-12(17)9-19-21/h2-10H,1H3,(H,20,22). The predicted molar refractivity (Wildman–Crippen MR) is 90.0 cm³/mol. The Morgan fingerprint density at radius 2 is 2.04 bits per heavy atom. The molecule has 6 nitrogen and oxygen atoms in total. The highest BCUT2D eigenvalue weighted by molar-refractivity contribution is 9.10.